The minimum atomic E-state index is -4.42. The summed E-state index contributed by atoms with van der Waals surface area (Å²) in [6, 6.07) is 22.8. The van der Waals surface area contributed by atoms with Gasteiger partial charge < -0.3 is 5.32 Å². The molecule has 0 radical (unpaired) electrons. The van der Waals surface area contributed by atoms with E-state index >= 15 is 0 Å². The molecule has 1 aliphatic heterocycles. The second kappa shape index (κ2) is 7.33. The Morgan fingerprint density at radius 1 is 0.833 bits per heavy atom. The molecule has 1 aliphatic rings. The zero-order valence-corrected chi connectivity index (χ0v) is 15.8. The summed E-state index contributed by atoms with van der Waals surface area (Å²) in [5.41, 5.74) is -0.164. The van der Waals surface area contributed by atoms with Gasteiger partial charge in [-0.25, -0.2) is 0 Å². The van der Waals surface area contributed by atoms with Crippen LogP contribution < -0.4 is 5.32 Å². The van der Waals surface area contributed by atoms with Gasteiger partial charge in [0.25, 0.3) is 5.91 Å². The largest absolute Gasteiger partial charge is 0.416 e. The number of rotatable bonds is 4. The van der Waals surface area contributed by atoms with E-state index in [-0.39, 0.29) is 18.4 Å². The Balaban J connectivity index is 1.71. The van der Waals surface area contributed by atoms with E-state index in [4.69, 9.17) is 5.41 Å². The Morgan fingerprint density at radius 3 is 1.80 bits per heavy atom. The number of hydrogen-bond acceptors (Lipinski definition) is 2. The lowest BCUT2D eigenvalue weighted by atomic mass is 9.82. The Labute approximate surface area is 171 Å². The molecular weight excluding hydrogens is 391 g/mol. The molecular formula is C23H18F3N3O. The first-order chi connectivity index (χ1) is 14.3. The topological polar surface area (TPSA) is 56.2 Å². The van der Waals surface area contributed by atoms with Crippen LogP contribution in [0.1, 0.15) is 22.3 Å². The molecule has 4 nitrogen and oxygen atoms in total. The molecule has 7 heteroatoms. The summed E-state index contributed by atoms with van der Waals surface area (Å²) in [4.78, 5) is 14.9. The summed E-state index contributed by atoms with van der Waals surface area (Å²) in [5.74, 6) is -0.461. The molecule has 3 aromatic rings. The summed E-state index contributed by atoms with van der Waals surface area (Å²) in [6.45, 7) is -0.00970. The molecule has 0 aromatic heterocycles. The van der Waals surface area contributed by atoms with Gasteiger partial charge in [-0.3, -0.25) is 15.1 Å². The Morgan fingerprint density at radius 2 is 1.33 bits per heavy atom. The predicted octanol–water partition coefficient (Wildman–Crippen LogP) is 4.52. The summed E-state index contributed by atoms with van der Waals surface area (Å²) >= 11 is 0. The minimum Gasteiger partial charge on any atom is -0.334 e. The molecule has 0 unspecified atom stereocenters. The van der Waals surface area contributed by atoms with Gasteiger partial charge in [0.15, 0.2) is 11.5 Å². The lowest BCUT2D eigenvalue weighted by Gasteiger charge is -2.28. The Kier molecular flexibility index (Phi) is 4.81. The molecule has 0 spiro atoms. The second-order valence-corrected chi connectivity index (χ2v) is 7.04. The van der Waals surface area contributed by atoms with Gasteiger partial charge in [0.05, 0.1) is 12.1 Å². The van der Waals surface area contributed by atoms with Crippen molar-refractivity contribution in [1.29, 1.82) is 5.41 Å². The second-order valence-electron chi connectivity index (χ2n) is 7.04. The third kappa shape index (κ3) is 3.32. The predicted molar refractivity (Wildman–Crippen MR) is 107 cm³/mol. The third-order valence-electron chi connectivity index (χ3n) is 5.18. The maximum Gasteiger partial charge on any atom is 0.416 e. The van der Waals surface area contributed by atoms with E-state index < -0.39 is 17.3 Å². The summed E-state index contributed by atoms with van der Waals surface area (Å²) in [6.07, 6.45) is -4.42. The summed E-state index contributed by atoms with van der Waals surface area (Å²) in [5, 5.41) is 11.4. The highest BCUT2D eigenvalue weighted by Gasteiger charge is 2.52. The fourth-order valence-electron chi connectivity index (χ4n) is 3.67. The van der Waals surface area contributed by atoms with Gasteiger partial charge in [-0.05, 0) is 28.8 Å². The van der Waals surface area contributed by atoms with Crippen LogP contribution in [0.3, 0.4) is 0 Å². The van der Waals surface area contributed by atoms with E-state index in [2.05, 4.69) is 5.32 Å². The average molecular weight is 409 g/mol. The van der Waals surface area contributed by atoms with Crippen LogP contribution in [0.4, 0.5) is 13.2 Å². The highest BCUT2D eigenvalue weighted by Crippen LogP contribution is 2.36. The van der Waals surface area contributed by atoms with Crippen molar-refractivity contribution < 1.29 is 18.0 Å². The Hall–Kier alpha value is -3.61. The summed E-state index contributed by atoms with van der Waals surface area (Å²) in [7, 11) is 0. The van der Waals surface area contributed by atoms with Crippen LogP contribution in [0, 0.1) is 5.41 Å². The maximum absolute atomic E-state index is 13.6. The number of nitrogens with one attached hydrogen (secondary N) is 2. The molecule has 0 atom stereocenters. The molecule has 4 rings (SSSR count). The van der Waals surface area contributed by atoms with Gasteiger partial charge in [0.2, 0.25) is 0 Å². The number of benzene rings is 3. The van der Waals surface area contributed by atoms with Crippen LogP contribution in [-0.2, 0) is 23.1 Å². The average Bonchev–Trinajstić information content (AvgIpc) is 3.00. The van der Waals surface area contributed by atoms with Gasteiger partial charge in [0.1, 0.15) is 0 Å². The van der Waals surface area contributed by atoms with Crippen molar-refractivity contribution in [3.63, 3.8) is 0 Å². The molecule has 0 bridgehead atoms. The highest BCUT2D eigenvalue weighted by atomic mass is 19.4. The van der Waals surface area contributed by atoms with Crippen molar-refractivity contribution in [3.05, 3.63) is 107 Å². The third-order valence-corrected chi connectivity index (χ3v) is 5.18. The van der Waals surface area contributed by atoms with E-state index in [0.29, 0.717) is 16.7 Å². The number of alkyl halides is 3. The van der Waals surface area contributed by atoms with E-state index in [1.165, 1.54) is 17.0 Å². The van der Waals surface area contributed by atoms with Crippen molar-refractivity contribution in [2.75, 3.05) is 0 Å². The smallest absolute Gasteiger partial charge is 0.334 e. The van der Waals surface area contributed by atoms with E-state index in [1.54, 1.807) is 0 Å². The molecule has 1 fully saturated rings. The normalized spacial score (nSPS) is 15.9. The number of carbonyl (C=O) groups excluding carboxylic acids is 1. The van der Waals surface area contributed by atoms with Crippen molar-refractivity contribution in [2.24, 2.45) is 0 Å². The van der Waals surface area contributed by atoms with Crippen LogP contribution >= 0.6 is 0 Å². The maximum atomic E-state index is 13.6. The van der Waals surface area contributed by atoms with Gasteiger partial charge in [-0.2, -0.15) is 13.2 Å². The van der Waals surface area contributed by atoms with Gasteiger partial charge in [-0.1, -0.05) is 72.8 Å². The van der Waals surface area contributed by atoms with Crippen molar-refractivity contribution in [1.82, 2.24) is 10.2 Å². The van der Waals surface area contributed by atoms with E-state index in [0.717, 1.165) is 12.1 Å². The molecule has 3 aromatic carbocycles. The van der Waals surface area contributed by atoms with Crippen LogP contribution in [0.2, 0.25) is 0 Å². The van der Waals surface area contributed by atoms with Crippen LogP contribution in [0.25, 0.3) is 0 Å². The van der Waals surface area contributed by atoms with Crippen LogP contribution in [0.15, 0.2) is 84.9 Å². The molecule has 0 aliphatic carbocycles. The number of guanidine groups is 1. The zero-order valence-electron chi connectivity index (χ0n) is 15.8. The van der Waals surface area contributed by atoms with Crippen LogP contribution in [-0.4, -0.2) is 16.8 Å². The SMILES string of the molecule is N=C1NC(c2ccccc2)(c2ccccc2)C(=O)N1Cc1ccc(C(F)(F)F)cc1. The Bertz CT molecular complexity index is 1020. The van der Waals surface area contributed by atoms with Crippen molar-refractivity contribution >= 4 is 11.9 Å². The monoisotopic (exact) mass is 409 g/mol. The quantitative estimate of drug-likeness (QED) is 0.666. The number of carbonyl (C=O) groups is 1. The molecule has 1 saturated heterocycles. The van der Waals surface area contributed by atoms with Gasteiger partial charge in [-0.15, -0.1) is 0 Å². The van der Waals surface area contributed by atoms with Gasteiger partial charge in [0, 0.05) is 0 Å². The number of nitrogens with zero attached hydrogens (tertiary/aromatic N) is 1. The molecule has 30 heavy (non-hydrogen) atoms. The summed E-state index contributed by atoms with van der Waals surface area (Å²) < 4.78 is 38.5. The minimum absolute atomic E-state index is 0.00970. The van der Waals surface area contributed by atoms with Gasteiger partial charge >= 0.3 is 6.18 Å². The lowest BCUT2D eigenvalue weighted by Crippen LogP contribution is -2.45. The first-order valence-corrected chi connectivity index (χ1v) is 9.28. The molecule has 1 amide bonds. The van der Waals surface area contributed by atoms with Crippen molar-refractivity contribution in [3.8, 4) is 0 Å². The number of hydrogen-bond donors (Lipinski definition) is 2. The number of halogens is 3. The fourth-order valence-corrected chi connectivity index (χ4v) is 3.67. The number of amides is 1. The first-order valence-electron chi connectivity index (χ1n) is 9.28. The fraction of sp³-hybridized carbons (Fsp3) is 0.130. The van der Waals surface area contributed by atoms with E-state index in [9.17, 15) is 18.0 Å². The molecule has 2 N–H and O–H groups in total. The standard InChI is InChI=1S/C23H18F3N3O/c24-23(25,26)19-13-11-16(12-14-19)15-29-20(30)22(28-21(29)27,17-7-3-1-4-8-17)18-9-5-2-6-10-18/h1-14H,15H2,(H2,27,28). The van der Waals surface area contributed by atoms with E-state index in [1.807, 2.05) is 60.7 Å². The molecule has 0 saturated carbocycles. The van der Waals surface area contributed by atoms with Crippen LogP contribution in [0.5, 0.6) is 0 Å². The zero-order chi connectivity index (χ0) is 21.4. The first kappa shape index (κ1) is 19.7. The lowest BCUT2D eigenvalue weighted by molar-refractivity contribution is -0.137. The van der Waals surface area contributed by atoms with Crippen molar-refractivity contribution in [2.45, 2.75) is 18.3 Å². The highest BCUT2D eigenvalue weighted by molar-refractivity contribution is 6.10. The molecule has 152 valence electrons. The molecule has 1 heterocycles.